The molecule has 0 aliphatic heterocycles. The lowest BCUT2D eigenvalue weighted by atomic mass is 9.85. The predicted molar refractivity (Wildman–Crippen MR) is 179 cm³/mol. The lowest BCUT2D eigenvalue weighted by Crippen LogP contribution is -2.35. The maximum atomic E-state index is 6.43. The van der Waals surface area contributed by atoms with Gasteiger partial charge < -0.3 is 4.42 Å². The Bertz CT molecular complexity index is 2380. The standard InChI is InChI=1S/C42H32O/c1-2-13-30-27(11-1)12-9-20-33(30)41-36-17-5-3-15-34(36)40(35-16-4-6-18-37(35)41)29-25-23-28(24-26-29)31-19-10-21-38-32-14-7-8-22-39(32)43-42(31)38/h3,5,8-9,11-13,15-18,20-23,25H,1-2,4,6-7,10,14,19H2. The Morgan fingerprint density at radius 1 is 0.558 bits per heavy atom. The summed E-state index contributed by atoms with van der Waals surface area (Å²) in [6.07, 6.45) is 25.0. The van der Waals surface area contributed by atoms with E-state index in [1.165, 1.54) is 64.7 Å². The Morgan fingerprint density at radius 3 is 2.12 bits per heavy atom. The number of furan rings is 1. The molecule has 5 aromatic rings. The van der Waals surface area contributed by atoms with E-state index in [1.54, 1.807) is 0 Å². The van der Waals surface area contributed by atoms with Crippen molar-refractivity contribution in [2.45, 2.75) is 51.4 Å². The van der Waals surface area contributed by atoms with Crippen LogP contribution in [0.5, 0.6) is 0 Å². The van der Waals surface area contributed by atoms with Gasteiger partial charge in [0.15, 0.2) is 0 Å². The second-order valence-electron chi connectivity index (χ2n) is 12.2. The van der Waals surface area contributed by atoms with Crippen LogP contribution in [0, 0.1) is 12.1 Å². The molecule has 0 N–H and O–H groups in total. The van der Waals surface area contributed by atoms with Gasteiger partial charge in [-0.15, -0.1) is 0 Å². The molecule has 4 aromatic carbocycles. The van der Waals surface area contributed by atoms with Gasteiger partial charge in [-0.05, 0) is 112 Å². The van der Waals surface area contributed by atoms with Crippen molar-refractivity contribution in [1.29, 1.82) is 0 Å². The van der Waals surface area contributed by atoms with E-state index < -0.39 is 0 Å². The summed E-state index contributed by atoms with van der Waals surface area (Å²) in [5.74, 6) is 1.03. The van der Waals surface area contributed by atoms with E-state index in [4.69, 9.17) is 4.42 Å². The van der Waals surface area contributed by atoms with Gasteiger partial charge in [0, 0.05) is 33.0 Å². The highest BCUT2D eigenvalue weighted by Gasteiger charge is 2.20. The molecule has 1 nitrogen and oxygen atoms in total. The zero-order valence-corrected chi connectivity index (χ0v) is 24.3. The summed E-state index contributed by atoms with van der Waals surface area (Å²) in [7, 11) is 0. The van der Waals surface area contributed by atoms with Crippen LogP contribution in [0.2, 0.25) is 0 Å². The van der Waals surface area contributed by atoms with E-state index >= 15 is 0 Å². The Labute approximate surface area is 251 Å². The Morgan fingerprint density at radius 2 is 1.28 bits per heavy atom. The van der Waals surface area contributed by atoms with Crippen molar-refractivity contribution in [3.8, 4) is 22.3 Å². The Kier molecular flexibility index (Phi) is 5.70. The summed E-state index contributed by atoms with van der Waals surface area (Å²) in [5, 5.41) is 9.33. The molecule has 4 aliphatic carbocycles. The van der Waals surface area contributed by atoms with Crippen molar-refractivity contribution in [3.05, 3.63) is 121 Å². The van der Waals surface area contributed by atoms with Crippen molar-refractivity contribution in [1.82, 2.24) is 0 Å². The molecule has 1 heterocycles. The fourth-order valence-corrected chi connectivity index (χ4v) is 7.80. The molecule has 0 saturated carbocycles. The number of hydrogen-bond donors (Lipinski definition) is 0. The van der Waals surface area contributed by atoms with Gasteiger partial charge in [0.1, 0.15) is 11.2 Å². The van der Waals surface area contributed by atoms with Gasteiger partial charge in [0.25, 0.3) is 0 Å². The SMILES string of the molecule is c1c(C2=c3oc4c(c3=CCC2)CCC=C4)ccc(-c2c3c(c(-c4cccc5c4=CCCC=5)c4ccccc24)=CCCC=3)c#1. The van der Waals surface area contributed by atoms with Gasteiger partial charge in [-0.2, -0.15) is 0 Å². The topological polar surface area (TPSA) is 13.1 Å². The van der Waals surface area contributed by atoms with E-state index in [9.17, 15) is 0 Å². The molecule has 4 aliphatic rings. The molecule has 0 atom stereocenters. The van der Waals surface area contributed by atoms with Crippen LogP contribution in [0.4, 0.5) is 0 Å². The molecular formula is C42H32O. The summed E-state index contributed by atoms with van der Waals surface area (Å²) in [6, 6.07) is 27.5. The molecule has 0 unspecified atom stereocenters. The number of benzene rings is 3. The number of rotatable bonds is 3. The van der Waals surface area contributed by atoms with E-state index in [0.717, 1.165) is 73.7 Å². The van der Waals surface area contributed by atoms with Crippen LogP contribution < -0.4 is 31.5 Å². The Hall–Kier alpha value is -4.80. The maximum Gasteiger partial charge on any atom is 0.139 e. The minimum absolute atomic E-state index is 0.971. The molecule has 1 aromatic heterocycles. The van der Waals surface area contributed by atoms with E-state index in [2.05, 4.69) is 109 Å². The van der Waals surface area contributed by atoms with Gasteiger partial charge >= 0.3 is 0 Å². The highest BCUT2D eigenvalue weighted by Crippen LogP contribution is 2.31. The van der Waals surface area contributed by atoms with Crippen molar-refractivity contribution >= 4 is 52.8 Å². The normalized spacial score (nSPS) is 16.2. The van der Waals surface area contributed by atoms with E-state index in [1.807, 2.05) is 0 Å². The Balaban J connectivity index is 1.27. The van der Waals surface area contributed by atoms with Crippen molar-refractivity contribution in [2.75, 3.05) is 0 Å². The van der Waals surface area contributed by atoms with Crippen molar-refractivity contribution in [3.63, 3.8) is 0 Å². The number of hydrogen-bond acceptors (Lipinski definition) is 1. The third-order valence-corrected chi connectivity index (χ3v) is 9.72. The number of allylic oxidation sites excluding steroid dienone is 1. The third kappa shape index (κ3) is 3.87. The van der Waals surface area contributed by atoms with E-state index in [0.29, 0.717) is 0 Å². The zero-order valence-electron chi connectivity index (χ0n) is 24.3. The highest BCUT2D eigenvalue weighted by atomic mass is 16.3. The molecule has 206 valence electrons. The molecule has 0 fully saturated rings. The average molecular weight is 553 g/mol. The van der Waals surface area contributed by atoms with Crippen LogP contribution in [0.3, 0.4) is 0 Å². The third-order valence-electron chi connectivity index (χ3n) is 9.72. The molecule has 0 radical (unpaired) electrons. The minimum atomic E-state index is 0.971. The summed E-state index contributed by atoms with van der Waals surface area (Å²) >= 11 is 0. The molecule has 43 heavy (non-hydrogen) atoms. The molecule has 0 amide bonds. The smallest absolute Gasteiger partial charge is 0.139 e. The first-order valence-corrected chi connectivity index (χ1v) is 15.9. The van der Waals surface area contributed by atoms with Crippen LogP contribution >= 0.6 is 0 Å². The average Bonchev–Trinajstić information content (AvgIpc) is 3.46. The molecule has 0 bridgehead atoms. The van der Waals surface area contributed by atoms with Gasteiger partial charge in [-0.25, -0.2) is 0 Å². The second kappa shape index (κ2) is 9.89. The van der Waals surface area contributed by atoms with Crippen LogP contribution in [-0.2, 0) is 6.42 Å². The lowest BCUT2D eigenvalue weighted by molar-refractivity contribution is 0.512. The second-order valence-corrected chi connectivity index (χ2v) is 12.2. The quantitative estimate of drug-likeness (QED) is 0.275. The molecular weight excluding hydrogens is 520 g/mol. The zero-order chi connectivity index (χ0) is 28.3. The summed E-state index contributed by atoms with van der Waals surface area (Å²) in [6.45, 7) is 0. The van der Waals surface area contributed by atoms with Crippen LogP contribution in [-0.4, -0.2) is 0 Å². The lowest BCUT2D eigenvalue weighted by Gasteiger charge is -2.18. The van der Waals surface area contributed by atoms with Gasteiger partial charge in [-0.3, -0.25) is 0 Å². The molecule has 1 heteroatoms. The summed E-state index contributed by atoms with van der Waals surface area (Å²) in [5.41, 5.74) is 9.86. The van der Waals surface area contributed by atoms with Crippen LogP contribution in [0.25, 0.3) is 75.1 Å². The first-order chi connectivity index (χ1) is 21.3. The van der Waals surface area contributed by atoms with Crippen molar-refractivity contribution in [2.24, 2.45) is 0 Å². The number of fused-ring (bicyclic) bond motifs is 6. The summed E-state index contributed by atoms with van der Waals surface area (Å²) in [4.78, 5) is 0. The maximum absolute atomic E-state index is 6.43. The molecule has 0 saturated heterocycles. The predicted octanol–water partition coefficient (Wildman–Crippen LogP) is 5.81. The van der Waals surface area contributed by atoms with Crippen LogP contribution in [0.1, 0.15) is 61.8 Å². The first-order valence-electron chi connectivity index (χ1n) is 15.9. The molecule has 9 rings (SSSR count). The minimum Gasteiger partial charge on any atom is -0.456 e. The first kappa shape index (κ1) is 24.8. The van der Waals surface area contributed by atoms with Gasteiger partial charge in [-0.1, -0.05) is 91.1 Å². The van der Waals surface area contributed by atoms with Gasteiger partial charge in [0.2, 0.25) is 0 Å². The highest BCUT2D eigenvalue weighted by molar-refractivity contribution is 6.06. The fourth-order valence-electron chi connectivity index (χ4n) is 7.80. The van der Waals surface area contributed by atoms with E-state index in [-0.39, 0.29) is 0 Å². The fraction of sp³-hybridized carbons (Fsp3) is 0.190. The largest absolute Gasteiger partial charge is 0.456 e. The monoisotopic (exact) mass is 552 g/mol. The van der Waals surface area contributed by atoms with Gasteiger partial charge in [0.05, 0.1) is 0 Å². The molecule has 0 spiro atoms. The van der Waals surface area contributed by atoms with Crippen LogP contribution in [0.15, 0.2) is 65.1 Å². The summed E-state index contributed by atoms with van der Waals surface area (Å²) < 4.78 is 6.43. The van der Waals surface area contributed by atoms with Crippen molar-refractivity contribution < 1.29 is 4.42 Å².